The Morgan fingerprint density at radius 2 is 1.66 bits per heavy atom. The molecule has 0 spiro atoms. The van der Waals surface area contributed by atoms with E-state index in [0.29, 0.717) is 33.7 Å². The lowest BCUT2D eigenvalue weighted by molar-refractivity contribution is 0.102. The van der Waals surface area contributed by atoms with Crippen LogP contribution in [0, 0.1) is 0 Å². The van der Waals surface area contributed by atoms with Gasteiger partial charge in [0.1, 0.15) is 17.8 Å². The normalized spacial score (nSPS) is 11.9. The van der Waals surface area contributed by atoms with Crippen LogP contribution in [0.1, 0.15) is 36.8 Å². The molecule has 192 valence electrons. The van der Waals surface area contributed by atoms with Gasteiger partial charge >= 0.3 is 0 Å². The van der Waals surface area contributed by atoms with Crippen LogP contribution in [0.5, 0.6) is 0 Å². The molecule has 0 aliphatic heterocycles. The molecule has 0 aliphatic carbocycles. The largest absolute Gasteiger partial charge is 0.350 e. The molecule has 0 unspecified atom stereocenters. The third-order valence-corrected chi connectivity index (χ3v) is 7.59. The summed E-state index contributed by atoms with van der Waals surface area (Å²) < 4.78 is 29.0. The van der Waals surface area contributed by atoms with E-state index >= 15 is 0 Å². The number of carbonyl (C=O) groups excluding carboxylic acids is 1. The van der Waals surface area contributed by atoms with Gasteiger partial charge in [0.25, 0.3) is 15.9 Å². The van der Waals surface area contributed by atoms with Gasteiger partial charge in [0.15, 0.2) is 0 Å². The Hall–Kier alpha value is -4.50. The van der Waals surface area contributed by atoms with Gasteiger partial charge in [0, 0.05) is 28.4 Å². The van der Waals surface area contributed by atoms with Gasteiger partial charge in [-0.05, 0) is 52.9 Å². The maximum Gasteiger partial charge on any atom is 0.273 e. The van der Waals surface area contributed by atoms with Gasteiger partial charge in [-0.2, -0.15) is 0 Å². The second-order valence-corrected chi connectivity index (χ2v) is 11.6. The fourth-order valence-electron chi connectivity index (χ4n) is 4.22. The summed E-state index contributed by atoms with van der Waals surface area (Å²) in [5, 5.41) is 3.49. The summed E-state index contributed by atoms with van der Waals surface area (Å²) in [6.45, 7) is 6.23. The fraction of sp³-hybridized carbons (Fsp3) is 0.138. The molecule has 38 heavy (non-hydrogen) atoms. The summed E-state index contributed by atoms with van der Waals surface area (Å²) in [4.78, 5) is 24.6. The minimum atomic E-state index is -3.83. The van der Waals surface area contributed by atoms with Crippen molar-refractivity contribution in [2.24, 2.45) is 0 Å². The molecule has 3 N–H and O–H groups in total. The maximum atomic E-state index is 13.3. The number of H-pyrrole nitrogens is 1. The molecule has 2 heterocycles. The summed E-state index contributed by atoms with van der Waals surface area (Å²) >= 11 is 0. The van der Waals surface area contributed by atoms with Crippen LogP contribution < -0.4 is 10.0 Å². The average Bonchev–Trinajstić information content (AvgIpc) is 3.28. The number of fused-ring (bicyclic) bond motifs is 1. The lowest BCUT2D eigenvalue weighted by Gasteiger charge is -2.19. The number of nitrogens with zero attached hydrogens (tertiary/aromatic N) is 2. The Bertz CT molecular complexity index is 1710. The molecule has 9 heteroatoms. The lowest BCUT2D eigenvalue weighted by atomic mass is 9.87. The van der Waals surface area contributed by atoms with Crippen molar-refractivity contribution >= 4 is 38.3 Å². The van der Waals surface area contributed by atoms with E-state index in [1.165, 1.54) is 6.33 Å². The second kappa shape index (κ2) is 9.75. The second-order valence-electron chi connectivity index (χ2n) is 9.93. The van der Waals surface area contributed by atoms with Crippen molar-refractivity contribution < 1.29 is 13.2 Å². The zero-order chi connectivity index (χ0) is 26.9. The molecule has 0 atom stereocenters. The first-order chi connectivity index (χ1) is 18.1. The highest BCUT2D eigenvalue weighted by Gasteiger charge is 2.22. The topological polar surface area (TPSA) is 117 Å². The number of hydrogen-bond acceptors (Lipinski definition) is 5. The molecular weight excluding hydrogens is 498 g/mol. The number of aromatic amines is 1. The predicted molar refractivity (Wildman–Crippen MR) is 150 cm³/mol. The molecule has 0 radical (unpaired) electrons. The Morgan fingerprint density at radius 3 is 2.32 bits per heavy atom. The first-order valence-electron chi connectivity index (χ1n) is 12.0. The molecule has 2 aromatic heterocycles. The lowest BCUT2D eigenvalue weighted by Crippen LogP contribution is -2.15. The quantitative estimate of drug-likeness (QED) is 0.252. The first-order valence-corrected chi connectivity index (χ1v) is 13.5. The number of benzene rings is 3. The highest BCUT2D eigenvalue weighted by molar-refractivity contribution is 7.92. The molecule has 0 bridgehead atoms. The van der Waals surface area contributed by atoms with E-state index in [1.807, 2.05) is 42.5 Å². The Morgan fingerprint density at radius 1 is 0.921 bits per heavy atom. The van der Waals surface area contributed by atoms with Crippen LogP contribution >= 0.6 is 0 Å². The van der Waals surface area contributed by atoms with Crippen LogP contribution in [0.15, 0.2) is 96.3 Å². The Labute approximate surface area is 221 Å². The number of sulfonamides is 1. The van der Waals surface area contributed by atoms with Gasteiger partial charge in [-0.3, -0.25) is 9.52 Å². The van der Waals surface area contributed by atoms with Crippen molar-refractivity contribution in [2.45, 2.75) is 31.1 Å². The third kappa shape index (κ3) is 5.14. The molecular formula is C29H27N5O3S. The monoisotopic (exact) mass is 525 g/mol. The summed E-state index contributed by atoms with van der Waals surface area (Å²) in [7, 11) is -3.83. The van der Waals surface area contributed by atoms with Crippen molar-refractivity contribution in [3.05, 3.63) is 103 Å². The number of hydrogen-bond donors (Lipinski definition) is 3. The smallest absolute Gasteiger partial charge is 0.273 e. The van der Waals surface area contributed by atoms with E-state index < -0.39 is 10.0 Å². The number of carbonyl (C=O) groups is 1. The van der Waals surface area contributed by atoms with E-state index in [-0.39, 0.29) is 16.2 Å². The van der Waals surface area contributed by atoms with Crippen molar-refractivity contribution in [1.82, 2.24) is 15.0 Å². The summed E-state index contributed by atoms with van der Waals surface area (Å²) in [5.41, 5.74) is 3.84. The van der Waals surface area contributed by atoms with Crippen molar-refractivity contribution in [3.8, 4) is 11.1 Å². The van der Waals surface area contributed by atoms with Crippen molar-refractivity contribution in [2.75, 3.05) is 10.0 Å². The van der Waals surface area contributed by atoms with E-state index in [9.17, 15) is 13.2 Å². The van der Waals surface area contributed by atoms with Crippen molar-refractivity contribution in [3.63, 3.8) is 0 Å². The average molecular weight is 526 g/mol. The summed E-state index contributed by atoms with van der Waals surface area (Å²) in [6.07, 6.45) is 2.90. The summed E-state index contributed by atoms with van der Waals surface area (Å²) in [6, 6.07) is 23.1. The minimum absolute atomic E-state index is 0.0830. The zero-order valence-corrected chi connectivity index (χ0v) is 22.0. The Balaban J connectivity index is 1.53. The van der Waals surface area contributed by atoms with Gasteiger partial charge in [0.05, 0.1) is 4.90 Å². The molecule has 8 nitrogen and oxygen atoms in total. The number of amides is 1. The Kier molecular flexibility index (Phi) is 6.46. The van der Waals surface area contributed by atoms with Crippen LogP contribution in [0.4, 0.5) is 11.5 Å². The molecule has 0 fully saturated rings. The van der Waals surface area contributed by atoms with E-state index in [1.54, 1.807) is 42.6 Å². The van der Waals surface area contributed by atoms with Crippen LogP contribution in [0.3, 0.4) is 0 Å². The predicted octanol–water partition coefficient (Wildman–Crippen LogP) is 5.98. The molecule has 5 aromatic rings. The standard InChI is InChI=1S/C29H27N5O3S/c1-29(2,3)20-9-12-22(13-10-20)38(36,37)34-21-11-14-24-23(17-21)26(19-7-5-4-6-8-19)27(32-24)28(35)33-25-15-16-30-18-31-25/h4-18,32,34H,1-3H3,(H,30,31,33,35). The van der Waals surface area contributed by atoms with Gasteiger partial charge in [-0.15, -0.1) is 0 Å². The van der Waals surface area contributed by atoms with Gasteiger partial charge in [-0.1, -0.05) is 63.2 Å². The highest BCUT2D eigenvalue weighted by Crippen LogP contribution is 2.35. The SMILES string of the molecule is CC(C)(C)c1ccc(S(=O)(=O)Nc2ccc3[nH]c(C(=O)Nc4ccncn4)c(-c4ccccc4)c3c2)cc1. The zero-order valence-electron chi connectivity index (χ0n) is 21.2. The molecule has 0 saturated heterocycles. The van der Waals surface area contributed by atoms with Gasteiger partial charge in [-0.25, -0.2) is 18.4 Å². The van der Waals surface area contributed by atoms with Crippen molar-refractivity contribution in [1.29, 1.82) is 0 Å². The molecule has 0 saturated carbocycles. The number of aromatic nitrogens is 3. The summed E-state index contributed by atoms with van der Waals surface area (Å²) in [5.74, 6) is -0.00609. The number of anilines is 2. The van der Waals surface area contributed by atoms with Crippen LogP contribution in [0.25, 0.3) is 22.0 Å². The molecule has 5 rings (SSSR count). The minimum Gasteiger partial charge on any atom is -0.350 e. The van der Waals surface area contributed by atoms with E-state index in [0.717, 1.165) is 11.1 Å². The van der Waals surface area contributed by atoms with Gasteiger partial charge < -0.3 is 10.3 Å². The number of nitrogens with one attached hydrogen (secondary N) is 3. The first kappa shape index (κ1) is 25.2. The van der Waals surface area contributed by atoms with Gasteiger partial charge in [0.2, 0.25) is 0 Å². The van der Waals surface area contributed by atoms with Crippen LogP contribution in [0.2, 0.25) is 0 Å². The van der Waals surface area contributed by atoms with Crippen LogP contribution in [-0.4, -0.2) is 29.3 Å². The fourth-order valence-corrected chi connectivity index (χ4v) is 5.27. The number of rotatable bonds is 6. The van der Waals surface area contributed by atoms with Crippen LogP contribution in [-0.2, 0) is 15.4 Å². The van der Waals surface area contributed by atoms with E-state index in [2.05, 4.69) is 45.8 Å². The molecule has 1 amide bonds. The molecule has 0 aliphatic rings. The maximum absolute atomic E-state index is 13.3. The molecule has 3 aromatic carbocycles. The third-order valence-electron chi connectivity index (χ3n) is 6.19. The highest BCUT2D eigenvalue weighted by atomic mass is 32.2. The van der Waals surface area contributed by atoms with E-state index in [4.69, 9.17) is 0 Å².